The molecule has 0 aromatic carbocycles. The van der Waals surface area contributed by atoms with Crippen LogP contribution in [0.3, 0.4) is 0 Å². The van der Waals surface area contributed by atoms with Crippen LogP contribution in [0.4, 0.5) is 0 Å². The molecule has 3 N–H and O–H groups in total. The van der Waals surface area contributed by atoms with E-state index in [1.807, 2.05) is 46.7 Å². The van der Waals surface area contributed by atoms with Gasteiger partial charge in [-0.15, -0.1) is 0 Å². The maximum absolute atomic E-state index is 13.3. The van der Waals surface area contributed by atoms with Crippen molar-refractivity contribution in [1.29, 1.82) is 0 Å². The number of carbonyl (C=O) groups is 2. The zero-order chi connectivity index (χ0) is 37.3. The highest BCUT2D eigenvalue weighted by Gasteiger charge is 2.47. The summed E-state index contributed by atoms with van der Waals surface area (Å²) in [6, 6.07) is -0.167. The number of allylic oxidation sites excluding steroid dienone is 3. The molecule has 0 amide bonds. The van der Waals surface area contributed by atoms with Crippen molar-refractivity contribution in [2.45, 2.75) is 134 Å². The van der Waals surface area contributed by atoms with Gasteiger partial charge in [-0.1, -0.05) is 45.9 Å². The van der Waals surface area contributed by atoms with Gasteiger partial charge in [-0.25, -0.2) is 4.79 Å². The largest absolute Gasteiger partial charge is 0.456 e. The molecule has 0 aromatic heterocycles. The Balaban J connectivity index is 1.90. The van der Waals surface area contributed by atoms with Gasteiger partial charge in [0, 0.05) is 38.2 Å². The number of aliphatic hydroxyl groups excluding tert-OH is 2. The topological polar surface area (TPSA) is 163 Å². The molecule has 2 saturated heterocycles. The molecule has 3 heterocycles. The first-order valence-corrected chi connectivity index (χ1v) is 17.7. The Kier molecular flexibility index (Phi) is 16.2. The highest BCUT2D eigenvalue weighted by Crippen LogP contribution is 2.32. The van der Waals surface area contributed by atoms with E-state index in [2.05, 4.69) is 0 Å². The number of ether oxygens (including phenoxy) is 7. The first-order valence-electron chi connectivity index (χ1n) is 17.7. The Morgan fingerprint density at radius 3 is 2.20 bits per heavy atom. The second-order valence-electron chi connectivity index (χ2n) is 14.4. The SMILES string of the molecule is CC[C@H]1OC(=O)C=C[C@H](C)[C@@H](O[C@@H]2O[C@H](C)C[C@H](N(C)C)[C@H]2O)[C@@H](C)C[C@@H](C)C(=O)C=CC=C[C@]1(O)CO[C@@H]1O[C@H](C)[C@@H](O)[C@@H](OC)[C@H]1OC. The van der Waals surface area contributed by atoms with Gasteiger partial charge in [0.1, 0.15) is 36.1 Å². The molecule has 3 rings (SSSR count). The first-order chi connectivity index (χ1) is 23.6. The van der Waals surface area contributed by atoms with E-state index in [9.17, 15) is 24.9 Å². The lowest BCUT2D eigenvalue weighted by Gasteiger charge is -2.43. The van der Waals surface area contributed by atoms with Gasteiger partial charge in [-0.05, 0) is 65.3 Å². The fraction of sp³-hybridized carbons (Fsp3) is 0.784. The Bertz CT molecular complexity index is 1180. The number of methoxy groups -OCH3 is 2. The second-order valence-corrected chi connectivity index (χ2v) is 14.4. The van der Waals surface area contributed by atoms with E-state index in [1.165, 1.54) is 44.6 Å². The van der Waals surface area contributed by atoms with E-state index in [0.29, 0.717) is 12.8 Å². The zero-order valence-corrected chi connectivity index (χ0v) is 31.3. The average molecular weight is 712 g/mol. The lowest BCUT2D eigenvalue weighted by atomic mass is 9.84. The summed E-state index contributed by atoms with van der Waals surface area (Å²) in [6.07, 6.45) is 2.53. The third-order valence-corrected chi connectivity index (χ3v) is 10.1. The van der Waals surface area contributed by atoms with Gasteiger partial charge in [0.05, 0.1) is 24.9 Å². The van der Waals surface area contributed by atoms with Crippen LogP contribution in [0.5, 0.6) is 0 Å². The number of aliphatic hydroxyl groups is 3. The Labute approximate surface area is 297 Å². The summed E-state index contributed by atoms with van der Waals surface area (Å²) in [5.41, 5.74) is -1.85. The molecule has 3 aliphatic rings. The summed E-state index contributed by atoms with van der Waals surface area (Å²) in [5, 5.41) is 33.7. The number of hydrogen-bond donors (Lipinski definition) is 3. The van der Waals surface area contributed by atoms with Crippen molar-refractivity contribution in [3.63, 3.8) is 0 Å². The number of likely N-dealkylation sites (N-methyl/N-ethyl adjacent to an activating group) is 1. The molecule has 13 heteroatoms. The smallest absolute Gasteiger partial charge is 0.330 e. The molecule has 50 heavy (non-hydrogen) atoms. The van der Waals surface area contributed by atoms with Gasteiger partial charge >= 0.3 is 5.97 Å². The summed E-state index contributed by atoms with van der Waals surface area (Å²) in [4.78, 5) is 28.5. The predicted octanol–water partition coefficient (Wildman–Crippen LogP) is 2.55. The number of hydrogen-bond acceptors (Lipinski definition) is 13. The number of rotatable bonds is 9. The standard InChI is InChI=1S/C37H61NO12/c1-11-28-37(43,20-46-36-34(45-10)33(44-9)30(41)25(6)48-36)17-13-12-14-27(39)22(3)18-23(4)32(21(2)15-16-29(40)49-28)50-35-31(42)26(38(7)8)19-24(5)47-35/h12-17,21-26,28,30-36,41-43H,11,18-20H2,1-10H3/t21-,22+,23-,24+,25+,26-,28+,30+,31+,32+,33+,34+,35-,36+,37-/m0/s1. The molecule has 0 radical (unpaired) electrons. The molecule has 2 fully saturated rings. The summed E-state index contributed by atoms with van der Waals surface area (Å²) in [7, 11) is 6.70. The van der Waals surface area contributed by atoms with Crippen LogP contribution in [-0.4, -0.2) is 140 Å². The number of carbonyl (C=O) groups excluding carboxylic acids is 2. The van der Waals surface area contributed by atoms with E-state index in [1.54, 1.807) is 19.9 Å². The molecule has 15 atom stereocenters. The van der Waals surface area contributed by atoms with E-state index in [4.69, 9.17) is 33.2 Å². The van der Waals surface area contributed by atoms with Gasteiger partial charge in [-0.2, -0.15) is 0 Å². The third-order valence-electron chi connectivity index (χ3n) is 10.1. The number of ketones is 1. The van der Waals surface area contributed by atoms with Gasteiger partial charge in [0.15, 0.2) is 18.4 Å². The number of esters is 1. The van der Waals surface area contributed by atoms with Crippen LogP contribution in [0.15, 0.2) is 36.5 Å². The third kappa shape index (κ3) is 10.8. The predicted molar refractivity (Wildman–Crippen MR) is 185 cm³/mol. The van der Waals surface area contributed by atoms with Crippen LogP contribution in [0.2, 0.25) is 0 Å². The zero-order valence-electron chi connectivity index (χ0n) is 31.3. The molecular formula is C37H61NO12. The van der Waals surface area contributed by atoms with Crippen molar-refractivity contribution < 1.29 is 58.1 Å². The molecule has 0 spiro atoms. The van der Waals surface area contributed by atoms with Gasteiger partial charge in [0.2, 0.25) is 0 Å². The average Bonchev–Trinajstić information content (AvgIpc) is 3.07. The minimum atomic E-state index is -1.85. The van der Waals surface area contributed by atoms with Crippen molar-refractivity contribution in [3.05, 3.63) is 36.5 Å². The summed E-state index contributed by atoms with van der Waals surface area (Å²) in [5.74, 6) is -1.66. The fourth-order valence-corrected chi connectivity index (χ4v) is 7.09. The van der Waals surface area contributed by atoms with Crippen molar-refractivity contribution >= 4 is 11.8 Å². The molecule has 0 bridgehead atoms. The molecule has 3 aliphatic heterocycles. The molecule has 0 saturated carbocycles. The highest BCUT2D eigenvalue weighted by molar-refractivity contribution is 5.91. The maximum atomic E-state index is 13.3. The van der Waals surface area contributed by atoms with Crippen LogP contribution in [0.1, 0.15) is 60.8 Å². The molecule has 0 unspecified atom stereocenters. The highest BCUT2D eigenvalue weighted by atomic mass is 16.7. The molecule has 13 nitrogen and oxygen atoms in total. The summed E-state index contributed by atoms with van der Waals surface area (Å²) in [6.45, 7) is 10.7. The normalized spacial score (nSPS) is 42.5. The first kappa shape index (κ1) is 42.4. The summed E-state index contributed by atoms with van der Waals surface area (Å²) >= 11 is 0. The second kappa shape index (κ2) is 19.2. The van der Waals surface area contributed by atoms with Crippen molar-refractivity contribution in [1.82, 2.24) is 4.90 Å². The number of cyclic esters (lactones) is 1. The van der Waals surface area contributed by atoms with Crippen molar-refractivity contribution in [2.24, 2.45) is 17.8 Å². The van der Waals surface area contributed by atoms with Crippen LogP contribution < -0.4 is 0 Å². The minimum absolute atomic E-state index is 0.110. The molecule has 0 aliphatic carbocycles. The van der Waals surface area contributed by atoms with E-state index in [-0.39, 0.29) is 48.7 Å². The van der Waals surface area contributed by atoms with Crippen LogP contribution in [0, 0.1) is 17.8 Å². The Morgan fingerprint density at radius 1 is 0.900 bits per heavy atom. The quantitative estimate of drug-likeness (QED) is 0.300. The Morgan fingerprint density at radius 2 is 1.58 bits per heavy atom. The lowest BCUT2D eigenvalue weighted by Crippen LogP contribution is -2.59. The van der Waals surface area contributed by atoms with Gasteiger partial charge in [0.25, 0.3) is 0 Å². The Hall–Kier alpha value is -2.04. The van der Waals surface area contributed by atoms with Crippen LogP contribution in [-0.2, 0) is 42.7 Å². The van der Waals surface area contributed by atoms with E-state index >= 15 is 0 Å². The van der Waals surface area contributed by atoms with Gasteiger partial charge in [-0.3, -0.25) is 4.79 Å². The van der Waals surface area contributed by atoms with E-state index in [0.717, 1.165) is 0 Å². The monoisotopic (exact) mass is 711 g/mol. The van der Waals surface area contributed by atoms with Crippen molar-refractivity contribution in [2.75, 3.05) is 34.9 Å². The molecule has 286 valence electrons. The minimum Gasteiger partial charge on any atom is -0.456 e. The summed E-state index contributed by atoms with van der Waals surface area (Å²) < 4.78 is 41.3. The van der Waals surface area contributed by atoms with Crippen LogP contribution in [0.25, 0.3) is 0 Å². The fourth-order valence-electron chi connectivity index (χ4n) is 7.09. The lowest BCUT2D eigenvalue weighted by molar-refractivity contribution is -0.310. The molecular weight excluding hydrogens is 650 g/mol. The van der Waals surface area contributed by atoms with E-state index < -0.39 is 66.9 Å². The van der Waals surface area contributed by atoms with Crippen molar-refractivity contribution in [3.8, 4) is 0 Å². The van der Waals surface area contributed by atoms with Gasteiger partial charge < -0.3 is 53.4 Å². The van der Waals surface area contributed by atoms with Crippen LogP contribution >= 0.6 is 0 Å². The number of nitrogens with zero attached hydrogens (tertiary/aromatic N) is 1. The molecule has 0 aromatic rings. The maximum Gasteiger partial charge on any atom is 0.330 e.